The number of amides is 3. The standard InChI is InChI=1S/C20H18ClN5O5/c1-30-13-5-3-4-11(8-13)22-16(27)10-25-18-17(23-24-25)19(28)26(20(18)29)12-6-7-15(31-2)14(21)9-12/h3-9,17-18H,10H2,1-2H3,(H,22,27)/t17-,18+/m1/s1. The number of nitrogens with one attached hydrogen (secondary N) is 1. The number of rotatable bonds is 6. The number of hydrogen-bond donors (Lipinski definition) is 1. The lowest BCUT2D eigenvalue weighted by atomic mass is 10.1. The Hall–Kier alpha value is -3.66. The number of imide groups is 1. The van der Waals surface area contributed by atoms with Crippen molar-refractivity contribution < 1.29 is 23.9 Å². The molecule has 0 aliphatic carbocycles. The Morgan fingerprint density at radius 2 is 1.94 bits per heavy atom. The summed E-state index contributed by atoms with van der Waals surface area (Å²) in [5, 5.41) is 12.0. The van der Waals surface area contributed by atoms with E-state index in [0.29, 0.717) is 22.9 Å². The molecule has 160 valence electrons. The van der Waals surface area contributed by atoms with Crippen molar-refractivity contribution in [3.05, 3.63) is 47.5 Å². The molecule has 3 amide bonds. The number of carbonyl (C=O) groups excluding carboxylic acids is 3. The van der Waals surface area contributed by atoms with E-state index in [4.69, 9.17) is 21.1 Å². The summed E-state index contributed by atoms with van der Waals surface area (Å²) in [4.78, 5) is 39.3. The molecule has 0 bridgehead atoms. The van der Waals surface area contributed by atoms with Gasteiger partial charge in [-0.15, -0.1) is 0 Å². The Bertz CT molecular complexity index is 1090. The van der Waals surface area contributed by atoms with Crippen molar-refractivity contribution in [2.75, 3.05) is 31.0 Å². The lowest BCUT2D eigenvalue weighted by molar-refractivity contribution is -0.123. The fraction of sp³-hybridized carbons (Fsp3) is 0.250. The molecule has 4 rings (SSSR count). The Kier molecular flexibility index (Phi) is 5.47. The SMILES string of the molecule is COc1cccc(NC(=O)CN2N=N[C@H]3C(=O)N(c4ccc(OC)c(Cl)c4)C(=O)[C@H]32)c1. The molecule has 31 heavy (non-hydrogen) atoms. The Morgan fingerprint density at radius 1 is 1.13 bits per heavy atom. The molecule has 11 heteroatoms. The average molecular weight is 444 g/mol. The summed E-state index contributed by atoms with van der Waals surface area (Å²) in [5.74, 6) is -0.477. The van der Waals surface area contributed by atoms with E-state index >= 15 is 0 Å². The van der Waals surface area contributed by atoms with Crippen LogP contribution in [-0.4, -0.2) is 55.6 Å². The molecule has 2 atom stereocenters. The van der Waals surface area contributed by atoms with E-state index in [2.05, 4.69) is 15.7 Å². The lowest BCUT2D eigenvalue weighted by Gasteiger charge is -2.20. The van der Waals surface area contributed by atoms with E-state index in [9.17, 15) is 14.4 Å². The van der Waals surface area contributed by atoms with Crippen LogP contribution in [0.25, 0.3) is 0 Å². The number of carbonyl (C=O) groups is 3. The molecular weight excluding hydrogens is 426 g/mol. The maximum atomic E-state index is 13.0. The van der Waals surface area contributed by atoms with Crippen LogP contribution in [-0.2, 0) is 14.4 Å². The predicted octanol–water partition coefficient (Wildman–Crippen LogP) is 2.29. The Morgan fingerprint density at radius 3 is 2.65 bits per heavy atom. The van der Waals surface area contributed by atoms with Gasteiger partial charge in [0.1, 0.15) is 18.0 Å². The zero-order valence-electron chi connectivity index (χ0n) is 16.6. The number of fused-ring (bicyclic) bond motifs is 1. The fourth-order valence-corrected chi connectivity index (χ4v) is 3.70. The van der Waals surface area contributed by atoms with Gasteiger partial charge in [-0.3, -0.25) is 19.4 Å². The van der Waals surface area contributed by atoms with Crippen molar-refractivity contribution in [2.45, 2.75) is 12.1 Å². The molecule has 1 saturated heterocycles. The van der Waals surface area contributed by atoms with Gasteiger partial charge in [-0.25, -0.2) is 4.90 Å². The lowest BCUT2D eigenvalue weighted by Crippen LogP contribution is -2.43. The first-order chi connectivity index (χ1) is 14.9. The molecule has 1 fully saturated rings. The molecular formula is C20H18ClN5O5. The van der Waals surface area contributed by atoms with Crippen LogP contribution in [0.1, 0.15) is 0 Å². The van der Waals surface area contributed by atoms with Gasteiger partial charge in [0.25, 0.3) is 11.8 Å². The van der Waals surface area contributed by atoms with Gasteiger partial charge in [-0.1, -0.05) is 22.9 Å². The van der Waals surface area contributed by atoms with Gasteiger partial charge >= 0.3 is 0 Å². The second-order valence-electron chi connectivity index (χ2n) is 6.80. The maximum absolute atomic E-state index is 13.0. The van der Waals surface area contributed by atoms with E-state index in [-0.39, 0.29) is 11.6 Å². The molecule has 2 aromatic rings. The zero-order valence-corrected chi connectivity index (χ0v) is 17.4. The van der Waals surface area contributed by atoms with E-state index in [1.54, 1.807) is 36.4 Å². The van der Waals surface area contributed by atoms with Crippen LogP contribution in [0.15, 0.2) is 52.8 Å². The van der Waals surface area contributed by atoms with Crippen molar-refractivity contribution in [3.63, 3.8) is 0 Å². The van der Waals surface area contributed by atoms with Gasteiger partial charge in [0.15, 0.2) is 12.1 Å². The van der Waals surface area contributed by atoms with Gasteiger partial charge in [0.2, 0.25) is 5.91 Å². The Labute approximate surface area is 182 Å². The molecule has 0 radical (unpaired) electrons. The van der Waals surface area contributed by atoms with Gasteiger partial charge in [-0.05, 0) is 30.3 Å². The summed E-state index contributed by atoms with van der Waals surface area (Å²) in [6.45, 7) is -0.252. The average Bonchev–Trinajstić information content (AvgIpc) is 3.27. The van der Waals surface area contributed by atoms with Crippen LogP contribution in [0.3, 0.4) is 0 Å². The highest BCUT2D eigenvalue weighted by Crippen LogP contribution is 2.35. The minimum absolute atomic E-state index is 0.252. The first-order valence-corrected chi connectivity index (χ1v) is 9.63. The highest BCUT2D eigenvalue weighted by Gasteiger charge is 2.55. The molecule has 0 saturated carbocycles. The van der Waals surface area contributed by atoms with Gasteiger partial charge in [0, 0.05) is 11.8 Å². The molecule has 10 nitrogen and oxygen atoms in total. The molecule has 0 spiro atoms. The zero-order chi connectivity index (χ0) is 22.1. The van der Waals surface area contributed by atoms with Crippen LogP contribution in [0.2, 0.25) is 5.02 Å². The minimum Gasteiger partial charge on any atom is -0.497 e. The van der Waals surface area contributed by atoms with Crippen LogP contribution in [0, 0.1) is 0 Å². The molecule has 2 heterocycles. The van der Waals surface area contributed by atoms with Gasteiger partial charge in [0.05, 0.1) is 24.9 Å². The first kappa shape index (κ1) is 20.6. The smallest absolute Gasteiger partial charge is 0.263 e. The van der Waals surface area contributed by atoms with Gasteiger partial charge in [-0.2, -0.15) is 5.11 Å². The van der Waals surface area contributed by atoms with E-state index < -0.39 is 29.8 Å². The second-order valence-corrected chi connectivity index (χ2v) is 7.21. The molecule has 2 aliphatic rings. The van der Waals surface area contributed by atoms with Crippen LogP contribution < -0.4 is 19.7 Å². The number of methoxy groups -OCH3 is 2. The highest BCUT2D eigenvalue weighted by atomic mass is 35.5. The number of benzene rings is 2. The van der Waals surface area contributed by atoms with Crippen LogP contribution in [0.4, 0.5) is 11.4 Å². The first-order valence-electron chi connectivity index (χ1n) is 9.25. The largest absolute Gasteiger partial charge is 0.497 e. The summed E-state index contributed by atoms with van der Waals surface area (Å²) in [6, 6.07) is 9.41. The maximum Gasteiger partial charge on any atom is 0.263 e. The monoisotopic (exact) mass is 443 g/mol. The number of ether oxygens (including phenoxy) is 2. The van der Waals surface area contributed by atoms with Crippen LogP contribution in [0.5, 0.6) is 11.5 Å². The number of hydrogen-bond acceptors (Lipinski definition) is 8. The van der Waals surface area contributed by atoms with Crippen LogP contribution >= 0.6 is 11.6 Å². The van der Waals surface area contributed by atoms with Gasteiger partial charge < -0.3 is 14.8 Å². The highest BCUT2D eigenvalue weighted by molar-refractivity contribution is 6.33. The molecule has 2 aliphatic heterocycles. The topological polar surface area (TPSA) is 113 Å². The van der Waals surface area contributed by atoms with Crippen molar-refractivity contribution in [1.82, 2.24) is 5.01 Å². The summed E-state index contributed by atoms with van der Waals surface area (Å²) in [5.41, 5.74) is 0.826. The van der Waals surface area contributed by atoms with Crippen molar-refractivity contribution >= 4 is 40.7 Å². The van der Waals surface area contributed by atoms with E-state index in [1.165, 1.54) is 25.3 Å². The molecule has 0 unspecified atom stereocenters. The third-order valence-corrected chi connectivity index (χ3v) is 5.21. The van der Waals surface area contributed by atoms with Crippen molar-refractivity contribution in [1.29, 1.82) is 0 Å². The Balaban J connectivity index is 1.49. The number of anilines is 2. The van der Waals surface area contributed by atoms with E-state index in [0.717, 1.165) is 4.90 Å². The fourth-order valence-electron chi connectivity index (χ4n) is 3.45. The summed E-state index contributed by atoms with van der Waals surface area (Å²) in [6.07, 6.45) is 0. The van der Waals surface area contributed by atoms with Crippen molar-refractivity contribution in [3.8, 4) is 11.5 Å². The number of nitrogens with zero attached hydrogens (tertiary/aromatic N) is 4. The predicted molar refractivity (Wildman–Crippen MR) is 111 cm³/mol. The molecule has 0 aromatic heterocycles. The normalized spacial score (nSPS) is 19.6. The van der Waals surface area contributed by atoms with Crippen molar-refractivity contribution in [2.24, 2.45) is 10.3 Å². The summed E-state index contributed by atoms with van der Waals surface area (Å²) in [7, 11) is 2.99. The minimum atomic E-state index is -1.02. The molecule has 2 aromatic carbocycles. The van der Waals surface area contributed by atoms with E-state index in [1.807, 2.05) is 0 Å². The second kappa shape index (κ2) is 8.23. The summed E-state index contributed by atoms with van der Waals surface area (Å²) >= 11 is 6.13. The quantitative estimate of drug-likeness (QED) is 0.685. The number of halogens is 1. The third kappa shape index (κ3) is 3.77. The summed E-state index contributed by atoms with van der Waals surface area (Å²) < 4.78 is 10.2. The third-order valence-electron chi connectivity index (χ3n) is 4.91. The molecule has 1 N–H and O–H groups in total.